The summed E-state index contributed by atoms with van der Waals surface area (Å²) < 4.78 is 0. The topological polar surface area (TPSA) is 47.6 Å². The summed E-state index contributed by atoms with van der Waals surface area (Å²) >= 11 is 0. The van der Waals surface area contributed by atoms with Gasteiger partial charge in [0.05, 0.1) is 5.71 Å². The van der Waals surface area contributed by atoms with Crippen molar-refractivity contribution < 1.29 is 4.84 Å². The van der Waals surface area contributed by atoms with Crippen LogP contribution < -0.4 is 5.73 Å². The van der Waals surface area contributed by atoms with Gasteiger partial charge in [0.25, 0.3) is 0 Å². The van der Waals surface area contributed by atoms with E-state index in [4.69, 9.17) is 5.73 Å². The number of rotatable bonds is 1. The van der Waals surface area contributed by atoms with Gasteiger partial charge in [-0.05, 0) is 0 Å². The molecule has 0 spiro atoms. The fourth-order valence-corrected chi connectivity index (χ4v) is 0.485. The average Bonchev–Trinajstić information content (AvgIpc) is 2.14. The van der Waals surface area contributed by atoms with Crippen LogP contribution in [0.5, 0.6) is 0 Å². The summed E-state index contributed by atoms with van der Waals surface area (Å²) in [5.41, 5.74) is 6.20. The summed E-state index contributed by atoms with van der Waals surface area (Å²) in [4.78, 5) is 4.66. The third kappa shape index (κ3) is 1.68. The lowest BCUT2D eigenvalue weighted by atomic mass is 10.3. The van der Waals surface area contributed by atoms with Gasteiger partial charge in [0, 0.05) is 13.0 Å². The summed E-state index contributed by atoms with van der Waals surface area (Å²) in [6.07, 6.45) is 0.913. The van der Waals surface area contributed by atoms with Crippen molar-refractivity contribution in [2.75, 3.05) is 13.2 Å². The Bertz CT molecular complexity index is 94.0. The summed E-state index contributed by atoms with van der Waals surface area (Å²) in [6, 6.07) is 0. The van der Waals surface area contributed by atoms with Crippen molar-refractivity contribution in [3.63, 3.8) is 0 Å². The molecular weight excluding hydrogens is 128 g/mol. The molecule has 0 aromatic carbocycles. The van der Waals surface area contributed by atoms with Crippen molar-refractivity contribution in [2.45, 2.75) is 6.42 Å². The van der Waals surface area contributed by atoms with Gasteiger partial charge in [-0.2, -0.15) is 0 Å². The number of nitrogens with two attached hydrogens (primary N) is 1. The van der Waals surface area contributed by atoms with Gasteiger partial charge in [-0.1, -0.05) is 5.16 Å². The first-order chi connectivity index (χ1) is 3.43. The van der Waals surface area contributed by atoms with Gasteiger partial charge in [-0.3, -0.25) is 0 Å². The molecule has 3 nitrogen and oxygen atoms in total. The molecule has 48 valence electrons. The van der Waals surface area contributed by atoms with Gasteiger partial charge >= 0.3 is 0 Å². The number of halogens is 1. The lowest BCUT2D eigenvalue weighted by Crippen LogP contribution is -2.10. The van der Waals surface area contributed by atoms with Crippen LogP contribution >= 0.6 is 12.4 Å². The number of hydrogen-bond donors (Lipinski definition) is 1. The summed E-state index contributed by atoms with van der Waals surface area (Å²) in [7, 11) is 0. The zero-order valence-electron chi connectivity index (χ0n) is 4.46. The molecule has 2 N–H and O–H groups in total. The molecule has 0 radical (unpaired) electrons. The van der Waals surface area contributed by atoms with E-state index in [1.165, 1.54) is 0 Å². The predicted octanol–water partition coefficient (Wildman–Crippen LogP) is 0.143. The summed E-state index contributed by atoms with van der Waals surface area (Å²) in [6.45, 7) is 1.26. The normalized spacial score (nSPS) is 16.4. The molecule has 0 aromatic rings. The van der Waals surface area contributed by atoms with E-state index in [1.54, 1.807) is 0 Å². The molecule has 0 unspecified atom stereocenters. The largest absolute Gasteiger partial charge is 0.395 e. The van der Waals surface area contributed by atoms with Crippen LogP contribution in [0.4, 0.5) is 0 Å². The third-order valence-electron chi connectivity index (χ3n) is 0.911. The SMILES string of the molecule is Cl.NCC1=NOCC1. The molecule has 4 heteroatoms. The van der Waals surface area contributed by atoms with Gasteiger partial charge in [0.2, 0.25) is 0 Å². The fourth-order valence-electron chi connectivity index (χ4n) is 0.485. The second-order valence-electron chi connectivity index (χ2n) is 1.44. The number of hydrogen-bond acceptors (Lipinski definition) is 3. The second-order valence-corrected chi connectivity index (χ2v) is 1.44. The molecule has 1 aliphatic rings. The highest BCUT2D eigenvalue weighted by atomic mass is 35.5. The van der Waals surface area contributed by atoms with Gasteiger partial charge in [0.1, 0.15) is 6.61 Å². The van der Waals surface area contributed by atoms with Crippen LogP contribution in [0.25, 0.3) is 0 Å². The second kappa shape index (κ2) is 3.69. The minimum absolute atomic E-state index is 0. The standard InChI is InChI=1S/C4H8N2O.ClH/c5-3-4-1-2-7-6-4;/h1-3,5H2;1H. The fraction of sp³-hybridized carbons (Fsp3) is 0.750. The number of nitrogens with zero attached hydrogens (tertiary/aromatic N) is 1. The van der Waals surface area contributed by atoms with E-state index in [-0.39, 0.29) is 12.4 Å². The maximum absolute atomic E-state index is 5.22. The lowest BCUT2D eigenvalue weighted by Gasteiger charge is -1.82. The van der Waals surface area contributed by atoms with Crippen LogP contribution in [-0.4, -0.2) is 18.9 Å². The first-order valence-electron chi connectivity index (χ1n) is 2.31. The van der Waals surface area contributed by atoms with Crippen LogP contribution in [0.3, 0.4) is 0 Å². The van der Waals surface area contributed by atoms with Crippen LogP contribution in [-0.2, 0) is 4.84 Å². The van der Waals surface area contributed by atoms with E-state index < -0.39 is 0 Å². The van der Waals surface area contributed by atoms with E-state index in [9.17, 15) is 0 Å². The molecule has 0 aliphatic carbocycles. The number of oxime groups is 1. The minimum atomic E-state index is 0. The minimum Gasteiger partial charge on any atom is -0.395 e. The van der Waals surface area contributed by atoms with Crippen molar-refractivity contribution in [1.82, 2.24) is 0 Å². The Labute approximate surface area is 54.3 Å². The van der Waals surface area contributed by atoms with Crippen molar-refractivity contribution in [3.05, 3.63) is 0 Å². The first kappa shape index (κ1) is 7.72. The molecule has 0 fully saturated rings. The maximum atomic E-state index is 5.22. The van der Waals surface area contributed by atoms with Crippen LogP contribution in [0, 0.1) is 0 Å². The van der Waals surface area contributed by atoms with Crippen LogP contribution in [0.15, 0.2) is 5.16 Å². The van der Waals surface area contributed by atoms with Crippen molar-refractivity contribution in [3.8, 4) is 0 Å². The molecular formula is C4H9ClN2O. The summed E-state index contributed by atoms with van der Waals surface area (Å²) in [5.74, 6) is 0. The van der Waals surface area contributed by atoms with Gasteiger partial charge in [-0.25, -0.2) is 0 Å². The zero-order valence-corrected chi connectivity index (χ0v) is 5.28. The Hall–Kier alpha value is -0.280. The quantitative estimate of drug-likeness (QED) is 0.558. The molecule has 0 saturated carbocycles. The predicted molar refractivity (Wildman–Crippen MR) is 34.3 cm³/mol. The highest BCUT2D eigenvalue weighted by molar-refractivity contribution is 5.86. The van der Waals surface area contributed by atoms with Gasteiger partial charge in [0.15, 0.2) is 0 Å². The Balaban J connectivity index is 0.000000490. The molecule has 1 heterocycles. The van der Waals surface area contributed by atoms with Crippen molar-refractivity contribution in [2.24, 2.45) is 10.9 Å². The molecule has 0 amide bonds. The zero-order chi connectivity index (χ0) is 5.11. The molecule has 0 bridgehead atoms. The molecule has 1 aliphatic heterocycles. The summed E-state index contributed by atoms with van der Waals surface area (Å²) in [5, 5.41) is 3.65. The van der Waals surface area contributed by atoms with Crippen LogP contribution in [0.2, 0.25) is 0 Å². The maximum Gasteiger partial charge on any atom is 0.122 e. The molecule has 0 saturated heterocycles. The van der Waals surface area contributed by atoms with Crippen molar-refractivity contribution in [1.29, 1.82) is 0 Å². The van der Waals surface area contributed by atoms with E-state index in [2.05, 4.69) is 9.99 Å². The Morgan fingerprint density at radius 1 is 1.75 bits per heavy atom. The highest BCUT2D eigenvalue weighted by Gasteiger charge is 2.03. The molecule has 8 heavy (non-hydrogen) atoms. The van der Waals surface area contributed by atoms with E-state index in [1.807, 2.05) is 0 Å². The lowest BCUT2D eigenvalue weighted by molar-refractivity contribution is 0.173. The van der Waals surface area contributed by atoms with Crippen molar-refractivity contribution >= 4 is 18.1 Å². The Morgan fingerprint density at radius 3 is 2.75 bits per heavy atom. The monoisotopic (exact) mass is 136 g/mol. The van der Waals surface area contributed by atoms with E-state index >= 15 is 0 Å². The molecule has 1 rings (SSSR count). The highest BCUT2D eigenvalue weighted by Crippen LogP contribution is 1.96. The van der Waals surface area contributed by atoms with Gasteiger partial charge in [-0.15, -0.1) is 12.4 Å². The van der Waals surface area contributed by atoms with Gasteiger partial charge < -0.3 is 10.6 Å². The van der Waals surface area contributed by atoms with E-state index in [0.717, 1.165) is 12.1 Å². The third-order valence-corrected chi connectivity index (χ3v) is 0.911. The molecule has 0 atom stereocenters. The van der Waals surface area contributed by atoms with Crippen LogP contribution in [0.1, 0.15) is 6.42 Å². The van der Waals surface area contributed by atoms with E-state index in [0.29, 0.717) is 13.2 Å². The Morgan fingerprint density at radius 2 is 2.50 bits per heavy atom. The average molecular weight is 137 g/mol. The smallest absolute Gasteiger partial charge is 0.122 e. The molecule has 0 aromatic heterocycles. The Kier molecular flexibility index (Phi) is 3.56. The first-order valence-corrected chi connectivity index (χ1v) is 2.31.